The molecule has 0 aliphatic heterocycles. The maximum atomic E-state index is 14.7. The lowest BCUT2D eigenvalue weighted by Gasteiger charge is -2.09. The molecule has 5 rings (SSSR count). The van der Waals surface area contributed by atoms with Crippen LogP contribution in [0.15, 0.2) is 61.1 Å². The van der Waals surface area contributed by atoms with Crippen LogP contribution in [-0.2, 0) is 6.54 Å². The topological polar surface area (TPSA) is 85.6 Å². The lowest BCUT2D eigenvalue weighted by atomic mass is 9.96. The van der Waals surface area contributed by atoms with E-state index < -0.39 is 11.6 Å². The van der Waals surface area contributed by atoms with Crippen molar-refractivity contribution in [2.24, 2.45) is 0 Å². The lowest BCUT2D eigenvalue weighted by molar-refractivity contribution is 0.101. The molecule has 0 aliphatic carbocycles. The number of ketones is 1. The SMILES string of the molecule is CC(=O)c1ccc(F)cc1-c1cccc2cc(-c3nc(NCCn4ccnn4)ncc3F)sc12. The number of fused-ring (bicyclic) bond motifs is 1. The van der Waals surface area contributed by atoms with Crippen LogP contribution in [0, 0.1) is 11.6 Å². The minimum atomic E-state index is -0.551. The van der Waals surface area contributed by atoms with Crippen molar-refractivity contribution in [3.05, 3.63) is 78.3 Å². The van der Waals surface area contributed by atoms with Gasteiger partial charge in [0.15, 0.2) is 11.6 Å². The summed E-state index contributed by atoms with van der Waals surface area (Å²) in [6.07, 6.45) is 4.46. The van der Waals surface area contributed by atoms with E-state index in [0.29, 0.717) is 34.7 Å². The summed E-state index contributed by atoms with van der Waals surface area (Å²) in [4.78, 5) is 21.2. The molecule has 7 nitrogen and oxygen atoms in total. The first-order valence-corrected chi connectivity index (χ1v) is 11.3. The quantitative estimate of drug-likeness (QED) is 0.325. The Hall–Kier alpha value is -4.05. The average molecular weight is 477 g/mol. The molecule has 0 unspecified atom stereocenters. The second-order valence-corrected chi connectivity index (χ2v) is 8.62. The fourth-order valence-electron chi connectivity index (χ4n) is 3.70. The van der Waals surface area contributed by atoms with E-state index >= 15 is 0 Å². The molecule has 0 spiro atoms. The van der Waals surface area contributed by atoms with Gasteiger partial charge in [0, 0.05) is 28.6 Å². The predicted octanol–water partition coefficient (Wildman–Crippen LogP) is 5.21. The minimum Gasteiger partial charge on any atom is -0.352 e. The molecular formula is C24H18F2N6OS. The Morgan fingerprint density at radius 2 is 2.03 bits per heavy atom. The van der Waals surface area contributed by atoms with E-state index in [2.05, 4.69) is 25.6 Å². The highest BCUT2D eigenvalue weighted by Gasteiger charge is 2.18. The first-order valence-electron chi connectivity index (χ1n) is 10.4. The number of hydrogen-bond acceptors (Lipinski definition) is 7. The van der Waals surface area contributed by atoms with Crippen molar-refractivity contribution in [2.75, 3.05) is 11.9 Å². The molecule has 0 amide bonds. The molecule has 0 radical (unpaired) electrons. The van der Waals surface area contributed by atoms with Gasteiger partial charge >= 0.3 is 0 Å². The highest BCUT2D eigenvalue weighted by atomic mass is 32.1. The Kier molecular flexibility index (Phi) is 5.81. The van der Waals surface area contributed by atoms with Crippen LogP contribution in [0.1, 0.15) is 17.3 Å². The van der Waals surface area contributed by atoms with Gasteiger partial charge in [-0.25, -0.2) is 18.7 Å². The third-order valence-electron chi connectivity index (χ3n) is 5.27. The molecule has 10 heteroatoms. The molecule has 170 valence electrons. The Labute approximate surface area is 197 Å². The molecule has 3 aromatic heterocycles. The van der Waals surface area contributed by atoms with Gasteiger partial charge in [0.2, 0.25) is 5.95 Å². The summed E-state index contributed by atoms with van der Waals surface area (Å²) in [5, 5.41) is 11.5. The van der Waals surface area contributed by atoms with Crippen molar-refractivity contribution < 1.29 is 13.6 Å². The van der Waals surface area contributed by atoms with Gasteiger partial charge in [0.25, 0.3) is 0 Å². The van der Waals surface area contributed by atoms with Crippen molar-refractivity contribution in [1.29, 1.82) is 0 Å². The third-order valence-corrected chi connectivity index (χ3v) is 6.46. The molecular weight excluding hydrogens is 458 g/mol. The number of halogens is 2. The Bertz CT molecular complexity index is 1500. The van der Waals surface area contributed by atoms with Gasteiger partial charge in [-0.15, -0.1) is 16.4 Å². The van der Waals surface area contributed by atoms with Crippen LogP contribution in [-0.4, -0.2) is 37.3 Å². The third kappa shape index (κ3) is 4.27. The molecule has 0 saturated carbocycles. The number of hydrogen-bond donors (Lipinski definition) is 1. The molecule has 2 aromatic carbocycles. The fraction of sp³-hybridized carbons (Fsp3) is 0.125. The van der Waals surface area contributed by atoms with Gasteiger partial charge in [-0.1, -0.05) is 23.4 Å². The Balaban J connectivity index is 1.51. The normalized spacial score (nSPS) is 11.1. The van der Waals surface area contributed by atoms with Crippen molar-refractivity contribution in [3.8, 4) is 21.7 Å². The molecule has 0 bridgehead atoms. The average Bonchev–Trinajstić information content (AvgIpc) is 3.49. The zero-order chi connectivity index (χ0) is 23.7. The molecule has 3 heterocycles. The van der Waals surface area contributed by atoms with E-state index in [1.54, 1.807) is 17.1 Å². The number of nitrogens with zero attached hydrogens (tertiary/aromatic N) is 5. The summed E-state index contributed by atoms with van der Waals surface area (Å²) < 4.78 is 31.2. The van der Waals surface area contributed by atoms with E-state index in [1.807, 2.05) is 24.3 Å². The van der Waals surface area contributed by atoms with Crippen LogP contribution in [0.2, 0.25) is 0 Å². The standard InChI is InChI=1S/C24H18F2N6OS/c1-14(33)17-6-5-16(25)12-19(17)18-4-2-3-15-11-21(34-23(15)18)22-20(26)13-28-24(30-22)27-7-9-32-10-8-29-31-32/h2-6,8,10-13H,7,9H2,1H3,(H,27,28,30). The Morgan fingerprint density at radius 1 is 1.15 bits per heavy atom. The highest BCUT2D eigenvalue weighted by molar-refractivity contribution is 7.22. The molecule has 0 saturated heterocycles. The predicted molar refractivity (Wildman–Crippen MR) is 127 cm³/mol. The van der Waals surface area contributed by atoms with Crippen LogP contribution >= 0.6 is 11.3 Å². The smallest absolute Gasteiger partial charge is 0.223 e. The number of benzene rings is 2. The van der Waals surface area contributed by atoms with Crippen LogP contribution in [0.5, 0.6) is 0 Å². The number of rotatable bonds is 7. The maximum absolute atomic E-state index is 14.7. The first-order chi connectivity index (χ1) is 16.5. The largest absolute Gasteiger partial charge is 0.352 e. The van der Waals surface area contributed by atoms with Crippen molar-refractivity contribution >= 4 is 33.2 Å². The molecule has 0 aliphatic rings. The van der Waals surface area contributed by atoms with Gasteiger partial charge in [0.1, 0.15) is 11.5 Å². The van der Waals surface area contributed by atoms with E-state index in [1.165, 1.54) is 36.5 Å². The van der Waals surface area contributed by atoms with Crippen molar-refractivity contribution in [1.82, 2.24) is 25.0 Å². The summed E-state index contributed by atoms with van der Waals surface area (Å²) in [6.45, 7) is 2.48. The first kappa shape index (κ1) is 21.8. The second kappa shape index (κ2) is 9.06. The zero-order valence-electron chi connectivity index (χ0n) is 18.0. The van der Waals surface area contributed by atoms with Crippen LogP contribution in [0.3, 0.4) is 0 Å². The van der Waals surface area contributed by atoms with Gasteiger partial charge in [-0.05, 0) is 42.1 Å². The van der Waals surface area contributed by atoms with E-state index in [4.69, 9.17) is 0 Å². The minimum absolute atomic E-state index is 0.160. The number of Topliss-reactive ketones (excluding diaryl/α,β-unsaturated/α-hetero) is 1. The van der Waals surface area contributed by atoms with Crippen LogP contribution in [0.25, 0.3) is 31.8 Å². The molecule has 0 fully saturated rings. The zero-order valence-corrected chi connectivity index (χ0v) is 18.8. The summed E-state index contributed by atoms with van der Waals surface area (Å²) in [5.74, 6) is -0.854. The monoisotopic (exact) mass is 476 g/mol. The van der Waals surface area contributed by atoms with Gasteiger partial charge < -0.3 is 5.32 Å². The highest BCUT2D eigenvalue weighted by Crippen LogP contribution is 2.40. The molecule has 1 N–H and O–H groups in total. The van der Waals surface area contributed by atoms with E-state index in [-0.39, 0.29) is 17.4 Å². The van der Waals surface area contributed by atoms with Crippen molar-refractivity contribution in [2.45, 2.75) is 13.5 Å². The number of carbonyl (C=O) groups excluding carboxylic acids is 1. The van der Waals surface area contributed by atoms with Gasteiger partial charge in [-0.2, -0.15) is 0 Å². The van der Waals surface area contributed by atoms with E-state index in [9.17, 15) is 13.6 Å². The summed E-state index contributed by atoms with van der Waals surface area (Å²) >= 11 is 1.33. The number of nitrogens with one attached hydrogen (secondary N) is 1. The van der Waals surface area contributed by atoms with Crippen molar-refractivity contribution in [3.63, 3.8) is 0 Å². The lowest BCUT2D eigenvalue weighted by Crippen LogP contribution is -2.13. The molecule has 0 atom stereocenters. The van der Waals surface area contributed by atoms with Crippen LogP contribution in [0.4, 0.5) is 14.7 Å². The molecule has 34 heavy (non-hydrogen) atoms. The summed E-state index contributed by atoms with van der Waals surface area (Å²) in [7, 11) is 0. The summed E-state index contributed by atoms with van der Waals surface area (Å²) in [6, 6.07) is 11.5. The van der Waals surface area contributed by atoms with E-state index in [0.717, 1.165) is 16.3 Å². The molecule has 5 aromatic rings. The fourth-order valence-corrected chi connectivity index (χ4v) is 4.88. The number of carbonyl (C=O) groups is 1. The number of anilines is 1. The summed E-state index contributed by atoms with van der Waals surface area (Å²) in [5.41, 5.74) is 1.80. The maximum Gasteiger partial charge on any atom is 0.223 e. The number of thiophene rings is 1. The van der Waals surface area contributed by atoms with Gasteiger partial charge in [-0.3, -0.25) is 9.48 Å². The Morgan fingerprint density at radius 3 is 2.82 bits per heavy atom. The second-order valence-electron chi connectivity index (χ2n) is 7.56. The van der Waals surface area contributed by atoms with Gasteiger partial charge in [0.05, 0.1) is 23.8 Å². The van der Waals surface area contributed by atoms with Crippen LogP contribution < -0.4 is 5.32 Å². The number of aromatic nitrogens is 5.